The van der Waals surface area contributed by atoms with Crippen LogP contribution in [-0.2, 0) is 0 Å². The van der Waals surface area contributed by atoms with E-state index in [4.69, 9.17) is 11.5 Å². The molecule has 0 unspecified atom stereocenters. The van der Waals surface area contributed by atoms with Crippen molar-refractivity contribution in [3.63, 3.8) is 0 Å². The zero-order chi connectivity index (χ0) is 12.3. The van der Waals surface area contributed by atoms with Gasteiger partial charge in [-0.05, 0) is 6.07 Å². The number of hydrogen-bond acceptors (Lipinski definition) is 6. The fourth-order valence-corrected chi connectivity index (χ4v) is 1.26. The smallest absolute Gasteiger partial charge is 0.250 e. The van der Waals surface area contributed by atoms with E-state index in [1.54, 1.807) is 12.4 Å². The highest BCUT2D eigenvalue weighted by molar-refractivity contribution is 5.98. The van der Waals surface area contributed by atoms with Gasteiger partial charge in [0.2, 0.25) is 0 Å². The third-order valence-electron chi connectivity index (χ3n) is 2.03. The molecule has 5 N–H and O–H groups in total. The molecule has 0 spiro atoms. The number of amides is 1. The molecule has 2 heterocycles. The van der Waals surface area contributed by atoms with Crippen LogP contribution >= 0.6 is 0 Å². The zero-order valence-electron chi connectivity index (χ0n) is 8.79. The van der Waals surface area contributed by atoms with Crippen molar-refractivity contribution < 1.29 is 4.79 Å². The molecular weight excluding hydrogens is 220 g/mol. The highest BCUT2D eigenvalue weighted by Gasteiger charge is 2.07. The number of nitrogens with one attached hydrogen (secondary N) is 1. The van der Waals surface area contributed by atoms with E-state index in [9.17, 15) is 4.79 Å². The van der Waals surface area contributed by atoms with Crippen LogP contribution in [0.4, 0.5) is 17.2 Å². The lowest BCUT2D eigenvalue weighted by molar-refractivity contribution is 0.100. The highest BCUT2D eigenvalue weighted by atomic mass is 16.1. The van der Waals surface area contributed by atoms with Crippen LogP contribution in [0.25, 0.3) is 0 Å². The summed E-state index contributed by atoms with van der Waals surface area (Å²) < 4.78 is 0. The van der Waals surface area contributed by atoms with Crippen molar-refractivity contribution in [3.05, 3.63) is 36.5 Å². The van der Waals surface area contributed by atoms with E-state index in [-0.39, 0.29) is 11.3 Å². The van der Waals surface area contributed by atoms with Crippen LogP contribution in [-0.4, -0.2) is 20.9 Å². The standard InChI is InChI=1S/C10H10N6O/c11-8-4-15-9(1-7(8)10(12)17)16-6-2-13-5-14-3-6/h1-5H,11H2,(H2,12,17)(H,15,16). The molecule has 0 atom stereocenters. The van der Waals surface area contributed by atoms with Gasteiger partial charge in [0.15, 0.2) is 0 Å². The molecule has 0 aromatic carbocycles. The Hall–Kier alpha value is -2.70. The van der Waals surface area contributed by atoms with Crippen molar-refractivity contribution in [2.75, 3.05) is 11.1 Å². The first kappa shape index (κ1) is 10.8. The largest absolute Gasteiger partial charge is 0.397 e. The van der Waals surface area contributed by atoms with Crippen LogP contribution < -0.4 is 16.8 Å². The molecule has 7 nitrogen and oxygen atoms in total. The number of nitrogen functional groups attached to an aromatic ring is 1. The van der Waals surface area contributed by atoms with Gasteiger partial charge in [-0.25, -0.2) is 15.0 Å². The second-order valence-corrected chi connectivity index (χ2v) is 3.27. The topological polar surface area (TPSA) is 120 Å². The van der Waals surface area contributed by atoms with E-state index in [0.717, 1.165) is 0 Å². The maximum absolute atomic E-state index is 11.1. The molecule has 0 bridgehead atoms. The van der Waals surface area contributed by atoms with Crippen LogP contribution in [0.3, 0.4) is 0 Å². The quantitative estimate of drug-likeness (QED) is 0.697. The van der Waals surface area contributed by atoms with Gasteiger partial charge in [0.1, 0.15) is 12.1 Å². The van der Waals surface area contributed by atoms with Crippen LogP contribution in [0.1, 0.15) is 10.4 Å². The molecule has 2 rings (SSSR count). The molecule has 86 valence electrons. The van der Waals surface area contributed by atoms with Crippen molar-refractivity contribution in [3.8, 4) is 0 Å². The number of carbonyl (C=O) groups excluding carboxylic acids is 1. The lowest BCUT2D eigenvalue weighted by atomic mass is 10.2. The van der Waals surface area contributed by atoms with Crippen molar-refractivity contribution in [2.45, 2.75) is 0 Å². The van der Waals surface area contributed by atoms with Gasteiger partial charge in [0.05, 0.1) is 35.5 Å². The van der Waals surface area contributed by atoms with E-state index in [1.807, 2.05) is 0 Å². The van der Waals surface area contributed by atoms with Crippen molar-refractivity contribution in [1.82, 2.24) is 15.0 Å². The second-order valence-electron chi connectivity index (χ2n) is 3.27. The Bertz CT molecular complexity index is 542. The summed E-state index contributed by atoms with van der Waals surface area (Å²) in [4.78, 5) is 22.8. The monoisotopic (exact) mass is 230 g/mol. The van der Waals surface area contributed by atoms with Crippen LogP contribution in [0, 0.1) is 0 Å². The number of anilines is 3. The Morgan fingerprint density at radius 3 is 2.59 bits per heavy atom. The third kappa shape index (κ3) is 2.46. The molecule has 0 aliphatic carbocycles. The Morgan fingerprint density at radius 2 is 1.94 bits per heavy atom. The fraction of sp³-hybridized carbons (Fsp3) is 0. The number of rotatable bonds is 3. The average Bonchev–Trinajstić information content (AvgIpc) is 2.32. The molecule has 7 heteroatoms. The number of hydrogen-bond donors (Lipinski definition) is 3. The number of pyridine rings is 1. The highest BCUT2D eigenvalue weighted by Crippen LogP contribution is 2.17. The van der Waals surface area contributed by atoms with E-state index in [2.05, 4.69) is 20.3 Å². The molecule has 0 aliphatic heterocycles. The Kier molecular flexibility index (Phi) is 2.82. The summed E-state index contributed by atoms with van der Waals surface area (Å²) in [6, 6.07) is 1.48. The summed E-state index contributed by atoms with van der Waals surface area (Å²) >= 11 is 0. The summed E-state index contributed by atoms with van der Waals surface area (Å²) in [7, 11) is 0. The molecule has 1 amide bonds. The maximum Gasteiger partial charge on any atom is 0.250 e. The molecule has 2 aromatic heterocycles. The van der Waals surface area contributed by atoms with Gasteiger partial charge in [0, 0.05) is 0 Å². The predicted octanol–water partition coefficient (Wildman–Crippen LogP) is 0.296. The van der Waals surface area contributed by atoms with Gasteiger partial charge in [-0.1, -0.05) is 0 Å². The van der Waals surface area contributed by atoms with Crippen molar-refractivity contribution in [1.29, 1.82) is 0 Å². The van der Waals surface area contributed by atoms with Gasteiger partial charge in [-0.15, -0.1) is 0 Å². The lowest BCUT2D eigenvalue weighted by Crippen LogP contribution is -2.14. The van der Waals surface area contributed by atoms with Crippen LogP contribution in [0.15, 0.2) is 31.0 Å². The molecule has 0 saturated carbocycles. The first-order valence-electron chi connectivity index (χ1n) is 4.74. The third-order valence-corrected chi connectivity index (χ3v) is 2.03. The van der Waals surface area contributed by atoms with E-state index in [0.29, 0.717) is 11.5 Å². The summed E-state index contributed by atoms with van der Waals surface area (Å²) in [6.07, 6.45) is 5.94. The van der Waals surface area contributed by atoms with E-state index >= 15 is 0 Å². The molecule has 2 aromatic rings. The zero-order valence-corrected chi connectivity index (χ0v) is 8.79. The Morgan fingerprint density at radius 1 is 1.24 bits per heavy atom. The number of nitrogens with zero attached hydrogens (tertiary/aromatic N) is 3. The minimum Gasteiger partial charge on any atom is -0.397 e. The fourth-order valence-electron chi connectivity index (χ4n) is 1.26. The number of nitrogens with two attached hydrogens (primary N) is 2. The summed E-state index contributed by atoms with van der Waals surface area (Å²) in [5.41, 5.74) is 11.9. The average molecular weight is 230 g/mol. The Balaban J connectivity index is 2.29. The van der Waals surface area contributed by atoms with Gasteiger partial charge >= 0.3 is 0 Å². The van der Waals surface area contributed by atoms with E-state index < -0.39 is 5.91 Å². The maximum atomic E-state index is 11.1. The van der Waals surface area contributed by atoms with Crippen LogP contribution in [0.5, 0.6) is 0 Å². The Labute approximate surface area is 96.9 Å². The lowest BCUT2D eigenvalue weighted by Gasteiger charge is -2.07. The summed E-state index contributed by atoms with van der Waals surface area (Å²) in [6.45, 7) is 0. The second kappa shape index (κ2) is 4.44. The van der Waals surface area contributed by atoms with Gasteiger partial charge in [0.25, 0.3) is 5.91 Å². The number of aromatic nitrogens is 3. The van der Waals surface area contributed by atoms with Gasteiger partial charge < -0.3 is 16.8 Å². The first-order chi connectivity index (χ1) is 8.16. The van der Waals surface area contributed by atoms with E-state index in [1.165, 1.54) is 18.6 Å². The minimum absolute atomic E-state index is 0.222. The van der Waals surface area contributed by atoms with Crippen molar-refractivity contribution >= 4 is 23.1 Å². The molecule has 0 fully saturated rings. The molecule has 0 radical (unpaired) electrons. The predicted molar refractivity (Wildman–Crippen MR) is 62.5 cm³/mol. The normalized spacial score (nSPS) is 9.88. The van der Waals surface area contributed by atoms with Crippen LogP contribution in [0.2, 0.25) is 0 Å². The van der Waals surface area contributed by atoms with Gasteiger partial charge in [-0.3, -0.25) is 4.79 Å². The molecule has 17 heavy (non-hydrogen) atoms. The first-order valence-corrected chi connectivity index (χ1v) is 4.74. The number of primary amides is 1. The van der Waals surface area contributed by atoms with Gasteiger partial charge in [-0.2, -0.15) is 0 Å². The molecular formula is C10H10N6O. The SMILES string of the molecule is NC(=O)c1cc(Nc2cncnc2)ncc1N. The summed E-state index contributed by atoms with van der Waals surface area (Å²) in [5, 5.41) is 2.93. The molecule has 0 saturated heterocycles. The minimum atomic E-state index is -0.600. The number of carbonyl (C=O) groups is 1. The molecule has 0 aliphatic rings. The van der Waals surface area contributed by atoms with Crippen molar-refractivity contribution in [2.24, 2.45) is 5.73 Å². The summed E-state index contributed by atoms with van der Waals surface area (Å²) in [5.74, 6) is -0.153.